The summed E-state index contributed by atoms with van der Waals surface area (Å²) in [5, 5.41) is 6.57. The maximum absolute atomic E-state index is 6.66. The zero-order chi connectivity index (χ0) is 31.6. The minimum absolute atomic E-state index is 0.498. The Morgan fingerprint density at radius 1 is 0.479 bits per heavy atom. The molecule has 0 atom stereocenters. The number of hydrogen-bond donors (Lipinski definition) is 0. The predicted molar refractivity (Wildman–Crippen MR) is 197 cm³/mol. The first-order valence-corrected chi connectivity index (χ1v) is 16.6. The van der Waals surface area contributed by atoms with Crippen LogP contribution in [0.4, 0.5) is 0 Å². The van der Waals surface area contributed by atoms with E-state index in [2.05, 4.69) is 91.0 Å². The zero-order valence-corrected chi connectivity index (χ0v) is 26.3. The Morgan fingerprint density at radius 2 is 1.15 bits per heavy atom. The molecule has 0 aliphatic heterocycles. The molecule has 10 aromatic rings. The molecule has 0 spiro atoms. The zero-order valence-electron chi connectivity index (χ0n) is 25.5. The smallest absolute Gasteiger partial charge is 0.183 e. The summed E-state index contributed by atoms with van der Waals surface area (Å²) in [5.41, 5.74) is 6.07. The van der Waals surface area contributed by atoms with Crippen molar-refractivity contribution < 1.29 is 4.42 Å². The van der Waals surface area contributed by atoms with Crippen LogP contribution in [0.1, 0.15) is 0 Å². The molecule has 0 fully saturated rings. The number of para-hydroxylation sites is 1. The van der Waals surface area contributed by atoms with Gasteiger partial charge in [-0.25, -0.2) is 15.0 Å². The van der Waals surface area contributed by atoms with Crippen LogP contribution in [0.25, 0.3) is 98.3 Å². The van der Waals surface area contributed by atoms with E-state index >= 15 is 0 Å². The fourth-order valence-corrected chi connectivity index (χ4v) is 8.00. The third kappa shape index (κ3) is 4.16. The quantitative estimate of drug-likeness (QED) is 0.193. The van der Waals surface area contributed by atoms with Gasteiger partial charge in [0.1, 0.15) is 16.9 Å². The SMILES string of the molecule is c1ccc(-c2nc(-c3cccc4c3sc3ccccc34)nc(-c3ncc(-c4cccc5ccccc45)c4oc5ccccc5c34)n2)cc1. The number of hydrogen-bond acceptors (Lipinski definition) is 6. The number of aromatic nitrogens is 4. The number of benzene rings is 6. The van der Waals surface area contributed by atoms with Gasteiger partial charge >= 0.3 is 0 Å². The van der Waals surface area contributed by atoms with Gasteiger partial charge in [0, 0.05) is 48.4 Å². The van der Waals surface area contributed by atoms with E-state index in [0.717, 1.165) is 59.7 Å². The largest absolute Gasteiger partial charge is 0.455 e. The monoisotopic (exact) mass is 632 g/mol. The molecule has 6 heteroatoms. The van der Waals surface area contributed by atoms with Crippen LogP contribution in [-0.4, -0.2) is 19.9 Å². The highest BCUT2D eigenvalue weighted by molar-refractivity contribution is 7.26. The van der Waals surface area contributed by atoms with Gasteiger partial charge in [-0.3, -0.25) is 4.98 Å². The van der Waals surface area contributed by atoms with Crippen molar-refractivity contribution in [2.24, 2.45) is 0 Å². The predicted octanol–water partition coefficient (Wildman–Crippen LogP) is 11.4. The molecule has 0 amide bonds. The lowest BCUT2D eigenvalue weighted by atomic mass is 9.97. The molecule has 224 valence electrons. The van der Waals surface area contributed by atoms with E-state index < -0.39 is 0 Å². The molecule has 4 heterocycles. The summed E-state index contributed by atoms with van der Waals surface area (Å²) in [6.07, 6.45) is 1.90. The first-order valence-electron chi connectivity index (χ1n) is 15.8. The lowest BCUT2D eigenvalue weighted by Crippen LogP contribution is -2.02. The molecule has 48 heavy (non-hydrogen) atoms. The third-order valence-corrected chi connectivity index (χ3v) is 10.2. The Labute approximate surface area is 278 Å². The summed E-state index contributed by atoms with van der Waals surface area (Å²) in [5.74, 6) is 1.70. The second-order valence-corrected chi connectivity index (χ2v) is 12.9. The van der Waals surface area contributed by atoms with E-state index in [4.69, 9.17) is 24.4 Å². The van der Waals surface area contributed by atoms with Crippen molar-refractivity contribution in [2.45, 2.75) is 0 Å². The fourth-order valence-electron chi connectivity index (χ4n) is 6.79. The number of fused-ring (bicyclic) bond motifs is 7. The molecule has 6 aromatic carbocycles. The first kappa shape index (κ1) is 26.9. The average molecular weight is 633 g/mol. The number of thiophene rings is 1. The van der Waals surface area contributed by atoms with Crippen molar-refractivity contribution in [2.75, 3.05) is 0 Å². The molecule has 10 rings (SSSR count). The van der Waals surface area contributed by atoms with E-state index in [1.165, 1.54) is 15.5 Å². The van der Waals surface area contributed by atoms with Gasteiger partial charge in [-0.1, -0.05) is 121 Å². The van der Waals surface area contributed by atoms with Gasteiger partial charge in [0.05, 0.1) is 5.39 Å². The van der Waals surface area contributed by atoms with Gasteiger partial charge in [0.2, 0.25) is 0 Å². The normalized spacial score (nSPS) is 11.8. The van der Waals surface area contributed by atoms with E-state index in [1.54, 1.807) is 11.3 Å². The lowest BCUT2D eigenvalue weighted by molar-refractivity contribution is 0.669. The Morgan fingerprint density at radius 3 is 2.06 bits per heavy atom. The molecule has 0 saturated heterocycles. The van der Waals surface area contributed by atoms with Gasteiger partial charge in [0.15, 0.2) is 17.5 Å². The second-order valence-electron chi connectivity index (χ2n) is 11.8. The van der Waals surface area contributed by atoms with Crippen molar-refractivity contribution in [3.8, 4) is 45.4 Å². The van der Waals surface area contributed by atoms with Crippen molar-refractivity contribution in [3.63, 3.8) is 0 Å². The molecular formula is C42H24N4OS. The highest BCUT2D eigenvalue weighted by Crippen LogP contribution is 2.43. The molecule has 4 aromatic heterocycles. The van der Waals surface area contributed by atoms with E-state index in [0.29, 0.717) is 23.2 Å². The van der Waals surface area contributed by atoms with Crippen molar-refractivity contribution in [1.82, 2.24) is 19.9 Å². The van der Waals surface area contributed by atoms with Gasteiger partial charge in [0.25, 0.3) is 0 Å². The summed E-state index contributed by atoms with van der Waals surface area (Å²) in [6.45, 7) is 0. The second kappa shape index (κ2) is 10.7. The molecule has 5 nitrogen and oxygen atoms in total. The average Bonchev–Trinajstić information content (AvgIpc) is 3.74. The van der Waals surface area contributed by atoms with Gasteiger partial charge in [-0.05, 0) is 34.5 Å². The number of pyridine rings is 1. The highest BCUT2D eigenvalue weighted by Gasteiger charge is 2.23. The van der Waals surface area contributed by atoms with Crippen LogP contribution in [0, 0.1) is 0 Å². The van der Waals surface area contributed by atoms with Crippen molar-refractivity contribution >= 4 is 64.2 Å². The first-order chi connectivity index (χ1) is 23.8. The third-order valence-electron chi connectivity index (χ3n) is 9.00. The Kier molecular flexibility index (Phi) is 5.98. The van der Waals surface area contributed by atoms with Crippen molar-refractivity contribution in [1.29, 1.82) is 0 Å². The minimum atomic E-state index is 0.498. The lowest BCUT2D eigenvalue weighted by Gasteiger charge is -2.11. The number of rotatable bonds is 4. The van der Waals surface area contributed by atoms with Crippen LogP contribution in [0.3, 0.4) is 0 Å². The van der Waals surface area contributed by atoms with Crippen LogP contribution in [0.15, 0.2) is 150 Å². The van der Waals surface area contributed by atoms with E-state index in [9.17, 15) is 0 Å². The summed E-state index contributed by atoms with van der Waals surface area (Å²) in [6, 6.07) is 47.8. The van der Waals surface area contributed by atoms with Gasteiger partial charge < -0.3 is 4.42 Å². The van der Waals surface area contributed by atoms with E-state index in [-0.39, 0.29) is 0 Å². The summed E-state index contributed by atoms with van der Waals surface area (Å²) in [7, 11) is 0. The molecule has 0 radical (unpaired) electrons. The maximum Gasteiger partial charge on any atom is 0.183 e. The number of furan rings is 1. The van der Waals surface area contributed by atoms with Crippen LogP contribution in [0.2, 0.25) is 0 Å². The van der Waals surface area contributed by atoms with Crippen LogP contribution in [0.5, 0.6) is 0 Å². The molecule has 0 unspecified atom stereocenters. The van der Waals surface area contributed by atoms with Crippen LogP contribution < -0.4 is 0 Å². The van der Waals surface area contributed by atoms with Crippen LogP contribution in [-0.2, 0) is 0 Å². The number of nitrogens with zero attached hydrogens (tertiary/aromatic N) is 4. The Hall–Kier alpha value is -6.24. The molecule has 0 aliphatic rings. The van der Waals surface area contributed by atoms with E-state index in [1.807, 2.05) is 54.7 Å². The highest BCUT2D eigenvalue weighted by atomic mass is 32.1. The molecule has 0 aliphatic carbocycles. The summed E-state index contributed by atoms with van der Waals surface area (Å²) < 4.78 is 9.04. The fraction of sp³-hybridized carbons (Fsp3) is 0. The van der Waals surface area contributed by atoms with Gasteiger partial charge in [-0.2, -0.15) is 0 Å². The summed E-state index contributed by atoms with van der Waals surface area (Å²) in [4.78, 5) is 20.5. The standard InChI is InChI=1S/C42H24N4OS/c1-2-13-26(14-3-1)40-44-41(32-21-11-20-30-29-17-7-9-23-35(29)48-39(30)32)46-42(45-40)37-36-31-18-6-8-22-34(31)47-38(36)33(24-43-37)28-19-10-15-25-12-4-5-16-27(25)28/h1-24H. The molecule has 0 N–H and O–H groups in total. The molecule has 0 bridgehead atoms. The summed E-state index contributed by atoms with van der Waals surface area (Å²) >= 11 is 1.76. The van der Waals surface area contributed by atoms with Crippen molar-refractivity contribution in [3.05, 3.63) is 146 Å². The molecular weight excluding hydrogens is 609 g/mol. The Balaban J connectivity index is 1.27. The van der Waals surface area contributed by atoms with Gasteiger partial charge in [-0.15, -0.1) is 11.3 Å². The molecule has 0 saturated carbocycles. The Bertz CT molecular complexity index is 2850. The van der Waals surface area contributed by atoms with Crippen LogP contribution >= 0.6 is 11.3 Å². The minimum Gasteiger partial charge on any atom is -0.455 e. The topological polar surface area (TPSA) is 64.7 Å². The maximum atomic E-state index is 6.66.